The molecule has 1 saturated heterocycles. The van der Waals surface area contributed by atoms with Gasteiger partial charge in [0.25, 0.3) is 0 Å². The molecule has 2 aromatic rings. The van der Waals surface area contributed by atoms with Crippen molar-refractivity contribution in [2.45, 2.75) is 51.5 Å². The van der Waals surface area contributed by atoms with E-state index in [1.165, 1.54) is 17.2 Å². The lowest BCUT2D eigenvalue weighted by atomic mass is 9.83. The third-order valence-corrected chi connectivity index (χ3v) is 6.76. The van der Waals surface area contributed by atoms with Gasteiger partial charge in [-0.2, -0.15) is 0 Å². The van der Waals surface area contributed by atoms with Gasteiger partial charge in [-0.15, -0.1) is 0 Å². The highest BCUT2D eigenvalue weighted by atomic mass is 19.1. The number of hydrogen-bond donors (Lipinski definition) is 1. The first-order valence-corrected chi connectivity index (χ1v) is 11.4. The average Bonchev–Trinajstić information content (AvgIpc) is 3.32. The zero-order chi connectivity index (χ0) is 21.8. The van der Waals surface area contributed by atoms with E-state index in [9.17, 15) is 14.0 Å². The molecule has 4 nitrogen and oxygen atoms in total. The van der Waals surface area contributed by atoms with Crippen LogP contribution in [-0.4, -0.2) is 29.8 Å². The molecule has 1 N–H and O–H groups in total. The number of nitrogens with one attached hydrogen (secondary N) is 1. The number of aryl methyl sites for hydroxylation is 1. The summed E-state index contributed by atoms with van der Waals surface area (Å²) in [5.74, 6) is -0.299. The van der Waals surface area contributed by atoms with Crippen molar-refractivity contribution in [2.75, 3.05) is 13.1 Å². The molecule has 1 aliphatic heterocycles. The summed E-state index contributed by atoms with van der Waals surface area (Å²) < 4.78 is 13.9. The maximum absolute atomic E-state index is 13.9. The summed E-state index contributed by atoms with van der Waals surface area (Å²) in [4.78, 5) is 28.1. The quantitative estimate of drug-likeness (QED) is 0.767. The molecule has 4 rings (SSSR count). The first kappa shape index (κ1) is 21.5. The molecule has 1 saturated carbocycles. The van der Waals surface area contributed by atoms with Crippen LogP contribution >= 0.6 is 0 Å². The van der Waals surface area contributed by atoms with Crippen molar-refractivity contribution in [1.82, 2.24) is 10.2 Å². The van der Waals surface area contributed by atoms with Crippen LogP contribution in [0.5, 0.6) is 0 Å². The fraction of sp³-hybridized carbons (Fsp3) is 0.462. The first-order valence-electron chi connectivity index (χ1n) is 11.4. The Balaban J connectivity index is 1.50. The lowest BCUT2D eigenvalue weighted by Gasteiger charge is -2.38. The highest BCUT2D eigenvalue weighted by Crippen LogP contribution is 2.34. The summed E-state index contributed by atoms with van der Waals surface area (Å²) in [7, 11) is 0. The van der Waals surface area contributed by atoms with Gasteiger partial charge in [0.05, 0.1) is 5.92 Å². The summed E-state index contributed by atoms with van der Waals surface area (Å²) in [6, 6.07) is 14.8. The number of nitrogens with zero attached hydrogens (tertiary/aromatic N) is 1. The fourth-order valence-corrected chi connectivity index (χ4v) is 5.03. The molecule has 2 aromatic carbocycles. The molecule has 2 unspecified atom stereocenters. The van der Waals surface area contributed by atoms with Gasteiger partial charge in [0.2, 0.25) is 11.8 Å². The number of carbonyl (C=O) groups is 2. The van der Waals surface area contributed by atoms with Gasteiger partial charge in [0, 0.05) is 37.0 Å². The predicted molar refractivity (Wildman–Crippen MR) is 119 cm³/mol. The van der Waals surface area contributed by atoms with Gasteiger partial charge >= 0.3 is 0 Å². The van der Waals surface area contributed by atoms with E-state index in [0.717, 1.165) is 25.7 Å². The van der Waals surface area contributed by atoms with E-state index >= 15 is 0 Å². The minimum atomic E-state index is -0.317. The van der Waals surface area contributed by atoms with Gasteiger partial charge in [0.1, 0.15) is 5.82 Å². The first-order chi connectivity index (χ1) is 15.0. The molecule has 0 spiro atoms. The van der Waals surface area contributed by atoms with Crippen LogP contribution in [0.25, 0.3) is 0 Å². The maximum Gasteiger partial charge on any atom is 0.225 e. The Morgan fingerprint density at radius 2 is 1.81 bits per heavy atom. The van der Waals surface area contributed by atoms with Crippen LogP contribution in [0.3, 0.4) is 0 Å². The Hall–Kier alpha value is -2.69. The van der Waals surface area contributed by atoms with Crippen LogP contribution in [0.4, 0.5) is 4.39 Å². The number of halogens is 1. The monoisotopic (exact) mass is 422 g/mol. The zero-order valence-electron chi connectivity index (χ0n) is 18.1. The standard InChI is InChI=1S/C26H31FN2O2/c1-18-7-6-11-20(13-18)22-14-23(17-29(16-22)26(31)19-8-2-3-9-19)25(30)28-15-21-10-4-5-12-24(21)27/h4-7,10-13,19,22-23H,2-3,8-9,14-17H2,1H3,(H,28,30). The fourth-order valence-electron chi connectivity index (χ4n) is 5.03. The number of hydrogen-bond acceptors (Lipinski definition) is 2. The summed E-state index contributed by atoms with van der Waals surface area (Å²) in [5.41, 5.74) is 2.83. The Morgan fingerprint density at radius 1 is 1.03 bits per heavy atom. The highest BCUT2D eigenvalue weighted by Gasteiger charge is 2.37. The van der Waals surface area contributed by atoms with Crippen molar-refractivity contribution in [2.24, 2.45) is 11.8 Å². The normalized spacial score (nSPS) is 21.8. The lowest BCUT2D eigenvalue weighted by molar-refractivity contribution is -0.139. The van der Waals surface area contributed by atoms with Crippen LogP contribution in [-0.2, 0) is 16.1 Å². The Kier molecular flexibility index (Phi) is 6.69. The van der Waals surface area contributed by atoms with Crippen LogP contribution in [0.15, 0.2) is 48.5 Å². The summed E-state index contributed by atoms with van der Waals surface area (Å²) in [6.07, 6.45) is 4.82. The van der Waals surface area contributed by atoms with Crippen LogP contribution in [0, 0.1) is 24.6 Å². The smallest absolute Gasteiger partial charge is 0.225 e. The minimum absolute atomic E-state index is 0.0957. The van der Waals surface area contributed by atoms with Crippen molar-refractivity contribution in [1.29, 1.82) is 0 Å². The van der Waals surface area contributed by atoms with Gasteiger partial charge in [-0.25, -0.2) is 4.39 Å². The molecule has 0 aromatic heterocycles. The molecular formula is C26H31FN2O2. The summed E-state index contributed by atoms with van der Waals surface area (Å²) in [6.45, 7) is 3.33. The number of carbonyl (C=O) groups excluding carboxylic acids is 2. The van der Waals surface area contributed by atoms with Crippen LogP contribution in [0.1, 0.15) is 54.7 Å². The lowest BCUT2D eigenvalue weighted by Crippen LogP contribution is -2.49. The number of benzene rings is 2. The molecule has 164 valence electrons. The summed E-state index contributed by atoms with van der Waals surface area (Å²) in [5, 5.41) is 2.91. The van der Waals surface area contributed by atoms with Gasteiger partial charge in [-0.05, 0) is 37.8 Å². The SMILES string of the molecule is Cc1cccc(C2CC(C(=O)NCc3ccccc3F)CN(C(=O)C3CCCC3)C2)c1. The topological polar surface area (TPSA) is 49.4 Å². The molecule has 0 bridgehead atoms. The predicted octanol–water partition coefficient (Wildman–Crippen LogP) is 4.57. The molecule has 2 fully saturated rings. The van der Waals surface area contributed by atoms with E-state index < -0.39 is 0 Å². The molecule has 2 amide bonds. The third-order valence-electron chi connectivity index (χ3n) is 6.76. The average molecular weight is 423 g/mol. The van der Waals surface area contributed by atoms with Gasteiger partial charge in [-0.1, -0.05) is 60.9 Å². The largest absolute Gasteiger partial charge is 0.352 e. The van der Waals surface area contributed by atoms with E-state index in [-0.39, 0.29) is 41.9 Å². The second kappa shape index (κ2) is 9.63. The second-order valence-corrected chi connectivity index (χ2v) is 9.08. The highest BCUT2D eigenvalue weighted by molar-refractivity contribution is 5.82. The van der Waals surface area contributed by atoms with Crippen molar-refractivity contribution >= 4 is 11.8 Å². The minimum Gasteiger partial charge on any atom is -0.352 e. The van der Waals surface area contributed by atoms with Crippen LogP contribution in [0.2, 0.25) is 0 Å². The molecule has 31 heavy (non-hydrogen) atoms. The number of likely N-dealkylation sites (tertiary alicyclic amines) is 1. The van der Waals surface area contributed by atoms with Crippen molar-refractivity contribution in [3.8, 4) is 0 Å². The van der Waals surface area contributed by atoms with E-state index in [2.05, 4.69) is 30.4 Å². The van der Waals surface area contributed by atoms with E-state index in [0.29, 0.717) is 25.1 Å². The zero-order valence-corrected chi connectivity index (χ0v) is 18.1. The molecule has 1 aliphatic carbocycles. The molecule has 1 heterocycles. The molecule has 5 heteroatoms. The third kappa shape index (κ3) is 5.15. The second-order valence-electron chi connectivity index (χ2n) is 9.08. The van der Waals surface area contributed by atoms with Crippen molar-refractivity contribution in [3.63, 3.8) is 0 Å². The van der Waals surface area contributed by atoms with E-state index in [1.807, 2.05) is 11.0 Å². The number of piperidine rings is 1. The molecule has 2 atom stereocenters. The van der Waals surface area contributed by atoms with Crippen molar-refractivity contribution in [3.05, 3.63) is 71.0 Å². The van der Waals surface area contributed by atoms with E-state index in [4.69, 9.17) is 0 Å². The van der Waals surface area contributed by atoms with Gasteiger partial charge in [-0.3, -0.25) is 9.59 Å². The molecule has 0 radical (unpaired) electrons. The Bertz CT molecular complexity index is 939. The van der Waals surface area contributed by atoms with E-state index in [1.54, 1.807) is 18.2 Å². The van der Waals surface area contributed by atoms with Crippen molar-refractivity contribution < 1.29 is 14.0 Å². The molecule has 2 aliphatic rings. The van der Waals surface area contributed by atoms with Gasteiger partial charge in [0.15, 0.2) is 0 Å². The Morgan fingerprint density at radius 3 is 2.55 bits per heavy atom. The summed E-state index contributed by atoms with van der Waals surface area (Å²) >= 11 is 0. The van der Waals surface area contributed by atoms with Crippen LogP contribution < -0.4 is 5.32 Å². The number of rotatable bonds is 5. The number of amides is 2. The maximum atomic E-state index is 13.9. The van der Waals surface area contributed by atoms with Gasteiger partial charge < -0.3 is 10.2 Å². The Labute approximate surface area is 183 Å². The molecular weight excluding hydrogens is 391 g/mol.